The predicted octanol–water partition coefficient (Wildman–Crippen LogP) is 5.42. The second-order valence-corrected chi connectivity index (χ2v) is 14.7. The highest BCUT2D eigenvalue weighted by Crippen LogP contribution is 2.37. The van der Waals surface area contributed by atoms with Gasteiger partial charge in [0.2, 0.25) is 0 Å². The van der Waals surface area contributed by atoms with Crippen molar-refractivity contribution >= 4 is 24.8 Å². The summed E-state index contributed by atoms with van der Waals surface area (Å²) in [6.45, 7) is 16.9. The minimum Gasteiger partial charge on any atom is -0.444 e. The molecule has 1 N–H and O–H groups in total. The molecule has 4 nitrogen and oxygen atoms in total. The number of ether oxygens (including phenoxy) is 1. The molecule has 0 unspecified atom stereocenters. The highest BCUT2D eigenvalue weighted by Gasteiger charge is 2.50. The summed E-state index contributed by atoms with van der Waals surface area (Å²) >= 11 is 0. The molecule has 32 heavy (non-hydrogen) atoms. The summed E-state index contributed by atoms with van der Waals surface area (Å²) < 4.78 is 12.3. The molecule has 1 atom stereocenters. The van der Waals surface area contributed by atoms with Gasteiger partial charge in [0.1, 0.15) is 5.60 Å². The van der Waals surface area contributed by atoms with Crippen LogP contribution in [0.5, 0.6) is 0 Å². The number of amides is 1. The SMILES string of the molecule is C/C(=C\[C@H](C)NC(=O)OC(C)(C)C)CO[Si](c1ccccc1)(c1ccccc1)C(C)(C)C. The third kappa shape index (κ3) is 6.81. The van der Waals surface area contributed by atoms with Crippen molar-refractivity contribution in [3.05, 3.63) is 72.3 Å². The van der Waals surface area contributed by atoms with E-state index in [1.54, 1.807) is 0 Å². The van der Waals surface area contributed by atoms with Crippen molar-refractivity contribution in [2.75, 3.05) is 6.61 Å². The number of alkyl carbamates (subject to hydrolysis) is 1. The van der Waals surface area contributed by atoms with Crippen LogP contribution in [0, 0.1) is 0 Å². The molecule has 2 rings (SSSR count). The van der Waals surface area contributed by atoms with Crippen LogP contribution in [0.15, 0.2) is 72.3 Å². The number of nitrogens with one attached hydrogen (secondary N) is 1. The standard InChI is InChI=1S/C27H39NO3Si/c1-21(19-22(2)28-25(29)31-26(3,4)5)20-30-32(27(6,7)8,23-15-11-9-12-16-23)24-17-13-10-14-18-24/h9-19,22H,20H2,1-8H3,(H,28,29)/b21-19+/t22-/m0/s1. The average Bonchev–Trinajstić information content (AvgIpc) is 2.67. The Hall–Kier alpha value is -2.37. The van der Waals surface area contributed by atoms with Crippen LogP contribution >= 0.6 is 0 Å². The summed E-state index contributed by atoms with van der Waals surface area (Å²) in [6.07, 6.45) is 1.61. The Morgan fingerprint density at radius 2 is 1.41 bits per heavy atom. The molecule has 0 aliphatic carbocycles. The molecule has 0 aromatic heterocycles. The maximum atomic E-state index is 12.1. The first-order valence-electron chi connectivity index (χ1n) is 11.3. The molecule has 0 saturated heterocycles. The Morgan fingerprint density at radius 1 is 0.938 bits per heavy atom. The van der Waals surface area contributed by atoms with Crippen molar-refractivity contribution < 1.29 is 14.0 Å². The van der Waals surface area contributed by atoms with E-state index in [1.165, 1.54) is 10.4 Å². The zero-order valence-corrected chi connectivity index (χ0v) is 21.9. The maximum Gasteiger partial charge on any atom is 0.408 e. The van der Waals surface area contributed by atoms with Crippen LogP contribution in [0.3, 0.4) is 0 Å². The molecule has 0 saturated carbocycles. The van der Waals surface area contributed by atoms with Crippen molar-refractivity contribution in [1.82, 2.24) is 5.32 Å². The number of rotatable bonds is 7. The third-order valence-corrected chi connectivity index (χ3v) is 10.2. The van der Waals surface area contributed by atoms with Crippen molar-refractivity contribution in [2.45, 2.75) is 72.1 Å². The van der Waals surface area contributed by atoms with E-state index in [9.17, 15) is 4.79 Å². The first-order chi connectivity index (χ1) is 14.8. The number of hydrogen-bond acceptors (Lipinski definition) is 3. The molecule has 0 radical (unpaired) electrons. The van der Waals surface area contributed by atoms with Gasteiger partial charge in [-0.25, -0.2) is 4.79 Å². The molecule has 0 bridgehead atoms. The molecule has 174 valence electrons. The van der Waals surface area contributed by atoms with Crippen LogP contribution in [-0.2, 0) is 9.16 Å². The van der Waals surface area contributed by atoms with E-state index in [-0.39, 0.29) is 11.1 Å². The molecule has 0 heterocycles. The molecule has 2 aromatic carbocycles. The van der Waals surface area contributed by atoms with Crippen LogP contribution in [0.2, 0.25) is 5.04 Å². The third-order valence-electron chi connectivity index (χ3n) is 5.21. The molecular weight excluding hydrogens is 414 g/mol. The highest BCUT2D eigenvalue weighted by molar-refractivity contribution is 6.99. The Labute approximate surface area is 195 Å². The van der Waals surface area contributed by atoms with E-state index in [1.807, 2.05) is 52.8 Å². The van der Waals surface area contributed by atoms with Gasteiger partial charge in [-0.2, -0.15) is 0 Å². The van der Waals surface area contributed by atoms with Crippen LogP contribution in [0.25, 0.3) is 0 Å². The van der Waals surface area contributed by atoms with Crippen molar-refractivity contribution in [2.24, 2.45) is 0 Å². The van der Waals surface area contributed by atoms with Gasteiger partial charge in [0.15, 0.2) is 0 Å². The summed E-state index contributed by atoms with van der Waals surface area (Å²) in [7, 11) is -2.58. The Bertz CT molecular complexity index is 856. The maximum absolute atomic E-state index is 12.1. The van der Waals surface area contributed by atoms with Crippen LogP contribution < -0.4 is 15.7 Å². The second kappa shape index (κ2) is 10.5. The molecule has 0 aliphatic heterocycles. The van der Waals surface area contributed by atoms with Gasteiger partial charge in [0.05, 0.1) is 6.61 Å². The highest BCUT2D eigenvalue weighted by atomic mass is 28.4. The summed E-state index contributed by atoms with van der Waals surface area (Å²) in [5.74, 6) is 0. The van der Waals surface area contributed by atoms with E-state index >= 15 is 0 Å². The van der Waals surface area contributed by atoms with Gasteiger partial charge in [-0.1, -0.05) is 93.1 Å². The number of hydrogen-bond donors (Lipinski definition) is 1. The summed E-state index contributed by atoms with van der Waals surface area (Å²) in [5.41, 5.74) is 0.552. The van der Waals surface area contributed by atoms with Crippen LogP contribution in [-0.4, -0.2) is 32.7 Å². The van der Waals surface area contributed by atoms with E-state index in [2.05, 4.69) is 74.6 Å². The molecule has 0 aliphatic rings. The largest absolute Gasteiger partial charge is 0.444 e. The van der Waals surface area contributed by atoms with Gasteiger partial charge in [0.25, 0.3) is 8.32 Å². The lowest BCUT2D eigenvalue weighted by Crippen LogP contribution is -2.66. The fraction of sp³-hybridized carbons (Fsp3) is 0.444. The Kier molecular flexibility index (Phi) is 8.49. The fourth-order valence-electron chi connectivity index (χ4n) is 3.99. The number of carbonyl (C=O) groups is 1. The topological polar surface area (TPSA) is 47.6 Å². The zero-order valence-electron chi connectivity index (χ0n) is 20.9. The lowest BCUT2D eigenvalue weighted by atomic mass is 10.2. The van der Waals surface area contributed by atoms with E-state index in [4.69, 9.17) is 9.16 Å². The Balaban J connectivity index is 2.29. The van der Waals surface area contributed by atoms with Gasteiger partial charge in [0, 0.05) is 6.04 Å². The number of benzene rings is 2. The van der Waals surface area contributed by atoms with Crippen LogP contribution in [0.1, 0.15) is 55.4 Å². The predicted molar refractivity (Wildman–Crippen MR) is 136 cm³/mol. The fourth-order valence-corrected chi connectivity index (χ4v) is 8.59. The van der Waals surface area contributed by atoms with Gasteiger partial charge in [-0.05, 0) is 50.0 Å². The molecule has 0 spiro atoms. The van der Waals surface area contributed by atoms with Gasteiger partial charge < -0.3 is 14.5 Å². The first-order valence-corrected chi connectivity index (χ1v) is 13.2. The minimum absolute atomic E-state index is 0.0730. The summed E-state index contributed by atoms with van der Waals surface area (Å²) in [6, 6.07) is 21.0. The molecular formula is C27H39NO3Si. The second-order valence-electron chi connectivity index (χ2n) is 10.4. The molecule has 5 heteroatoms. The first kappa shape index (κ1) is 25.9. The Morgan fingerprint density at radius 3 is 1.81 bits per heavy atom. The summed E-state index contributed by atoms with van der Waals surface area (Å²) in [4.78, 5) is 12.1. The molecule has 1 amide bonds. The van der Waals surface area contributed by atoms with E-state index in [0.29, 0.717) is 6.61 Å². The quantitative estimate of drug-likeness (QED) is 0.450. The minimum atomic E-state index is -2.58. The van der Waals surface area contributed by atoms with Crippen molar-refractivity contribution in [3.63, 3.8) is 0 Å². The van der Waals surface area contributed by atoms with Crippen molar-refractivity contribution in [1.29, 1.82) is 0 Å². The smallest absolute Gasteiger partial charge is 0.408 e. The normalized spacial score (nSPS) is 14.1. The van der Waals surface area contributed by atoms with Gasteiger partial charge in [-0.3, -0.25) is 0 Å². The van der Waals surface area contributed by atoms with E-state index < -0.39 is 20.0 Å². The lowest BCUT2D eigenvalue weighted by Gasteiger charge is -2.43. The van der Waals surface area contributed by atoms with Crippen molar-refractivity contribution in [3.8, 4) is 0 Å². The van der Waals surface area contributed by atoms with E-state index in [0.717, 1.165) is 5.57 Å². The zero-order chi connectivity index (χ0) is 24.0. The lowest BCUT2D eigenvalue weighted by molar-refractivity contribution is 0.0518. The van der Waals surface area contributed by atoms with Crippen LogP contribution in [0.4, 0.5) is 4.79 Å². The summed E-state index contributed by atoms with van der Waals surface area (Å²) in [5, 5.41) is 5.32. The molecule has 2 aromatic rings. The number of carbonyl (C=O) groups excluding carboxylic acids is 1. The average molecular weight is 454 g/mol. The van der Waals surface area contributed by atoms with Gasteiger partial charge in [-0.15, -0.1) is 0 Å². The monoisotopic (exact) mass is 453 g/mol. The molecule has 0 fully saturated rings. The van der Waals surface area contributed by atoms with Gasteiger partial charge >= 0.3 is 6.09 Å².